The first kappa shape index (κ1) is 11.4. The molecule has 0 aliphatic heterocycles. The van der Waals surface area contributed by atoms with E-state index in [1.165, 1.54) is 0 Å². The van der Waals surface area contributed by atoms with Crippen LogP contribution in [0.25, 0.3) is 0 Å². The average Bonchev–Trinajstić information content (AvgIpc) is 2.02. The van der Waals surface area contributed by atoms with Gasteiger partial charge < -0.3 is 5.32 Å². The van der Waals surface area contributed by atoms with Crippen LogP contribution in [0.15, 0.2) is 0 Å². The standard InChI is InChI=1S/C8H13BrN2O/c1-8(2,5-10)6-11-7(12)3-4-9/h3-4,6H2,1-2H3,(H,11,12). The Morgan fingerprint density at radius 1 is 1.67 bits per heavy atom. The van der Waals surface area contributed by atoms with E-state index in [1.54, 1.807) is 13.8 Å². The summed E-state index contributed by atoms with van der Waals surface area (Å²) in [6.07, 6.45) is 0.460. The third-order valence-electron chi connectivity index (χ3n) is 1.35. The third kappa shape index (κ3) is 5.14. The SMILES string of the molecule is CC(C)(C#N)CNC(=O)CCBr. The van der Waals surface area contributed by atoms with E-state index in [0.717, 1.165) is 0 Å². The maximum absolute atomic E-state index is 11.0. The molecule has 0 bridgehead atoms. The second kappa shape index (κ2) is 5.15. The number of alkyl halides is 1. The fraction of sp³-hybridized carbons (Fsp3) is 0.750. The summed E-state index contributed by atoms with van der Waals surface area (Å²) in [5.74, 6) is -0.0183. The van der Waals surface area contributed by atoms with Crippen LogP contribution < -0.4 is 5.32 Å². The molecule has 0 radical (unpaired) electrons. The molecule has 0 atom stereocenters. The van der Waals surface area contributed by atoms with Gasteiger partial charge in [-0.15, -0.1) is 0 Å². The van der Waals surface area contributed by atoms with E-state index in [0.29, 0.717) is 18.3 Å². The fourth-order valence-corrected chi connectivity index (χ4v) is 0.893. The Morgan fingerprint density at radius 3 is 2.67 bits per heavy atom. The van der Waals surface area contributed by atoms with Crippen LogP contribution in [0, 0.1) is 16.7 Å². The summed E-state index contributed by atoms with van der Waals surface area (Å²) in [6, 6.07) is 2.11. The molecule has 1 amide bonds. The highest BCUT2D eigenvalue weighted by Crippen LogP contribution is 2.10. The van der Waals surface area contributed by atoms with Crippen molar-refractivity contribution in [1.29, 1.82) is 5.26 Å². The van der Waals surface area contributed by atoms with Crippen molar-refractivity contribution in [2.45, 2.75) is 20.3 Å². The number of halogens is 1. The van der Waals surface area contributed by atoms with E-state index in [1.807, 2.05) is 0 Å². The summed E-state index contributed by atoms with van der Waals surface area (Å²) >= 11 is 3.16. The van der Waals surface area contributed by atoms with Crippen LogP contribution in [0.1, 0.15) is 20.3 Å². The molecule has 0 rings (SSSR count). The second-order valence-corrected chi connectivity index (χ2v) is 4.00. The third-order valence-corrected chi connectivity index (χ3v) is 1.75. The number of rotatable bonds is 4. The van der Waals surface area contributed by atoms with Crippen LogP contribution in [-0.2, 0) is 4.79 Å². The Balaban J connectivity index is 3.70. The predicted octanol–water partition coefficient (Wildman–Crippen LogP) is 1.44. The van der Waals surface area contributed by atoms with Crippen molar-refractivity contribution >= 4 is 21.8 Å². The fourth-order valence-electron chi connectivity index (χ4n) is 0.533. The molecule has 4 heteroatoms. The quantitative estimate of drug-likeness (QED) is 0.747. The smallest absolute Gasteiger partial charge is 0.220 e. The normalized spacial score (nSPS) is 10.5. The van der Waals surface area contributed by atoms with Gasteiger partial charge in [0.25, 0.3) is 0 Å². The summed E-state index contributed by atoms with van der Waals surface area (Å²) in [6.45, 7) is 4.00. The molecule has 0 unspecified atom stereocenters. The molecule has 0 saturated heterocycles. The molecule has 3 nitrogen and oxygen atoms in total. The zero-order valence-corrected chi connectivity index (χ0v) is 8.94. The van der Waals surface area contributed by atoms with Gasteiger partial charge >= 0.3 is 0 Å². The lowest BCUT2D eigenvalue weighted by Gasteiger charge is -2.15. The Hall–Kier alpha value is -0.560. The Bertz CT molecular complexity index is 196. The summed E-state index contributed by atoms with van der Waals surface area (Å²) in [5.41, 5.74) is -0.470. The molecule has 0 heterocycles. The number of amides is 1. The number of hydrogen-bond acceptors (Lipinski definition) is 2. The number of carbonyl (C=O) groups is 1. The minimum atomic E-state index is -0.470. The molecule has 68 valence electrons. The minimum absolute atomic E-state index is 0.0183. The molecule has 1 N–H and O–H groups in total. The first-order valence-corrected chi connectivity index (χ1v) is 4.88. The van der Waals surface area contributed by atoms with Gasteiger partial charge in [0.05, 0.1) is 11.5 Å². The maximum Gasteiger partial charge on any atom is 0.220 e. The van der Waals surface area contributed by atoms with E-state index in [-0.39, 0.29) is 5.91 Å². The molecule has 0 aliphatic carbocycles. The van der Waals surface area contributed by atoms with Crippen molar-refractivity contribution in [3.63, 3.8) is 0 Å². The molecule has 0 spiro atoms. The van der Waals surface area contributed by atoms with Crippen LogP contribution in [0.3, 0.4) is 0 Å². The number of nitrogens with zero attached hydrogens (tertiary/aromatic N) is 1. The van der Waals surface area contributed by atoms with Crippen molar-refractivity contribution in [2.75, 3.05) is 11.9 Å². The lowest BCUT2D eigenvalue weighted by Crippen LogP contribution is -2.33. The predicted molar refractivity (Wildman–Crippen MR) is 50.8 cm³/mol. The van der Waals surface area contributed by atoms with E-state index in [9.17, 15) is 4.79 Å². The van der Waals surface area contributed by atoms with E-state index in [4.69, 9.17) is 5.26 Å². The van der Waals surface area contributed by atoms with Gasteiger partial charge in [-0.1, -0.05) is 15.9 Å². The summed E-state index contributed by atoms with van der Waals surface area (Å²) in [7, 11) is 0. The van der Waals surface area contributed by atoms with Gasteiger partial charge in [0, 0.05) is 18.3 Å². The minimum Gasteiger partial charge on any atom is -0.354 e. The Labute approximate surface area is 81.3 Å². The van der Waals surface area contributed by atoms with Gasteiger partial charge in [-0.2, -0.15) is 5.26 Å². The highest BCUT2D eigenvalue weighted by molar-refractivity contribution is 9.09. The largest absolute Gasteiger partial charge is 0.354 e. The summed E-state index contributed by atoms with van der Waals surface area (Å²) in [4.78, 5) is 11.0. The molecule has 0 aromatic heterocycles. The van der Waals surface area contributed by atoms with Crippen molar-refractivity contribution in [2.24, 2.45) is 5.41 Å². The highest BCUT2D eigenvalue weighted by atomic mass is 79.9. The first-order chi connectivity index (χ1) is 5.52. The summed E-state index contributed by atoms with van der Waals surface area (Å²) in [5, 5.41) is 12.0. The number of nitrogens with one attached hydrogen (secondary N) is 1. The number of nitriles is 1. The average molecular weight is 233 g/mol. The molecular formula is C8H13BrN2O. The van der Waals surface area contributed by atoms with E-state index < -0.39 is 5.41 Å². The lowest BCUT2D eigenvalue weighted by molar-refractivity contribution is -0.120. The molecule has 0 aromatic carbocycles. The van der Waals surface area contributed by atoms with Crippen LogP contribution in [0.5, 0.6) is 0 Å². The van der Waals surface area contributed by atoms with E-state index in [2.05, 4.69) is 27.3 Å². The van der Waals surface area contributed by atoms with Gasteiger partial charge in [-0.25, -0.2) is 0 Å². The van der Waals surface area contributed by atoms with Crippen LogP contribution in [-0.4, -0.2) is 17.8 Å². The highest BCUT2D eigenvalue weighted by Gasteiger charge is 2.16. The number of carbonyl (C=O) groups excluding carboxylic acids is 1. The van der Waals surface area contributed by atoms with Crippen LogP contribution >= 0.6 is 15.9 Å². The summed E-state index contributed by atoms with van der Waals surface area (Å²) < 4.78 is 0. The second-order valence-electron chi connectivity index (χ2n) is 3.21. The van der Waals surface area contributed by atoms with Gasteiger partial charge in [0.15, 0.2) is 0 Å². The van der Waals surface area contributed by atoms with Crippen LogP contribution in [0.4, 0.5) is 0 Å². The molecule has 0 saturated carbocycles. The zero-order chi connectivity index (χ0) is 9.61. The molecule has 12 heavy (non-hydrogen) atoms. The van der Waals surface area contributed by atoms with Crippen molar-refractivity contribution in [3.8, 4) is 6.07 Å². The van der Waals surface area contributed by atoms with Crippen molar-refractivity contribution < 1.29 is 4.79 Å². The molecular weight excluding hydrogens is 220 g/mol. The topological polar surface area (TPSA) is 52.9 Å². The monoisotopic (exact) mass is 232 g/mol. The Kier molecular flexibility index (Phi) is 4.91. The van der Waals surface area contributed by atoms with Gasteiger partial charge in [-0.3, -0.25) is 4.79 Å². The Morgan fingerprint density at radius 2 is 2.25 bits per heavy atom. The van der Waals surface area contributed by atoms with Gasteiger partial charge in [0.1, 0.15) is 0 Å². The van der Waals surface area contributed by atoms with Gasteiger partial charge in [-0.05, 0) is 13.8 Å². The first-order valence-electron chi connectivity index (χ1n) is 3.76. The lowest BCUT2D eigenvalue weighted by atomic mass is 9.96. The van der Waals surface area contributed by atoms with Crippen LogP contribution in [0.2, 0.25) is 0 Å². The van der Waals surface area contributed by atoms with Gasteiger partial charge in [0.2, 0.25) is 5.91 Å². The molecule has 0 aliphatic rings. The molecule has 0 aromatic rings. The number of hydrogen-bond donors (Lipinski definition) is 1. The van der Waals surface area contributed by atoms with Crippen molar-refractivity contribution in [1.82, 2.24) is 5.32 Å². The van der Waals surface area contributed by atoms with E-state index >= 15 is 0 Å². The molecule has 0 fully saturated rings. The maximum atomic E-state index is 11.0. The van der Waals surface area contributed by atoms with Crippen molar-refractivity contribution in [3.05, 3.63) is 0 Å². The zero-order valence-electron chi connectivity index (χ0n) is 7.35.